The number of hydrogen-bond acceptors (Lipinski definition) is 5. The number of fused-ring (bicyclic) bond motifs is 3. The molecule has 1 aromatic heterocycles. The predicted molar refractivity (Wildman–Crippen MR) is 132 cm³/mol. The van der Waals surface area contributed by atoms with Gasteiger partial charge in [-0.1, -0.05) is 36.4 Å². The number of hydrogen-bond donors (Lipinski definition) is 1. The Kier molecular flexibility index (Phi) is 4.91. The highest BCUT2D eigenvalue weighted by molar-refractivity contribution is 6.04. The van der Waals surface area contributed by atoms with Gasteiger partial charge in [-0.05, 0) is 58.7 Å². The van der Waals surface area contributed by atoms with Gasteiger partial charge < -0.3 is 19.2 Å². The molecule has 0 amide bonds. The lowest BCUT2D eigenvalue weighted by Gasteiger charge is -2.37. The van der Waals surface area contributed by atoms with E-state index in [2.05, 4.69) is 29.6 Å². The number of methoxy groups -OCH3 is 2. The van der Waals surface area contributed by atoms with Crippen molar-refractivity contribution >= 4 is 22.2 Å². The smallest absolute Gasteiger partial charge is 0.162 e. The van der Waals surface area contributed by atoms with Crippen molar-refractivity contribution in [1.82, 2.24) is 0 Å². The van der Waals surface area contributed by atoms with Gasteiger partial charge in [-0.25, -0.2) is 0 Å². The first-order valence-electron chi connectivity index (χ1n) is 11.5. The van der Waals surface area contributed by atoms with Crippen LogP contribution in [0.2, 0.25) is 0 Å². The lowest BCUT2D eigenvalue weighted by molar-refractivity contribution is -0.116. The van der Waals surface area contributed by atoms with Gasteiger partial charge in [0.05, 0.1) is 20.5 Å². The number of ketones is 1. The largest absolute Gasteiger partial charge is 0.493 e. The van der Waals surface area contributed by atoms with Crippen LogP contribution in [0, 0.1) is 0 Å². The van der Waals surface area contributed by atoms with Gasteiger partial charge in [0, 0.05) is 35.2 Å². The number of Topliss-reactive ketones (excluding diaryl/α,β-unsaturated/α-hetero) is 1. The molecule has 0 saturated carbocycles. The Morgan fingerprint density at radius 2 is 1.76 bits per heavy atom. The number of carbonyl (C=O) groups is 1. The molecule has 170 valence electrons. The van der Waals surface area contributed by atoms with Crippen LogP contribution in [0.4, 0.5) is 5.69 Å². The minimum atomic E-state index is -0.206. The summed E-state index contributed by atoms with van der Waals surface area (Å²) in [6, 6.07) is 22.4. The summed E-state index contributed by atoms with van der Waals surface area (Å²) in [6.07, 6.45) is 2.83. The molecule has 5 nitrogen and oxygen atoms in total. The standard InChI is InChI=1S/C29H25NO4/c1-32-25-12-10-18(16-26(25)33-2)27-28-20-7-4-3-6-17(20)9-11-21(28)30-22-14-19(15-23(31)29(22)27)24-8-5-13-34-24/h3-13,16,19,27,30H,14-15H2,1-2H3/t19-,27+/m1/s1. The van der Waals surface area contributed by atoms with E-state index >= 15 is 0 Å². The molecule has 1 aliphatic carbocycles. The molecule has 0 bridgehead atoms. The molecule has 3 aromatic carbocycles. The van der Waals surface area contributed by atoms with Crippen molar-refractivity contribution in [3.8, 4) is 11.5 Å². The zero-order valence-electron chi connectivity index (χ0n) is 19.1. The minimum absolute atomic E-state index is 0.0295. The van der Waals surface area contributed by atoms with Crippen LogP contribution in [0.25, 0.3) is 10.8 Å². The van der Waals surface area contributed by atoms with Gasteiger partial charge >= 0.3 is 0 Å². The van der Waals surface area contributed by atoms with Crippen LogP contribution in [0.15, 0.2) is 88.7 Å². The third-order valence-corrected chi connectivity index (χ3v) is 7.03. The van der Waals surface area contributed by atoms with E-state index in [0.29, 0.717) is 17.9 Å². The first-order valence-corrected chi connectivity index (χ1v) is 11.5. The van der Waals surface area contributed by atoms with Gasteiger partial charge in [0.15, 0.2) is 17.3 Å². The number of allylic oxidation sites excluding steroid dienone is 2. The maximum Gasteiger partial charge on any atom is 0.162 e. The number of furan rings is 1. The highest BCUT2D eigenvalue weighted by atomic mass is 16.5. The van der Waals surface area contributed by atoms with E-state index in [1.165, 1.54) is 0 Å². The average molecular weight is 452 g/mol. The summed E-state index contributed by atoms with van der Waals surface area (Å²) in [4.78, 5) is 13.7. The van der Waals surface area contributed by atoms with Crippen molar-refractivity contribution in [2.45, 2.75) is 24.7 Å². The summed E-state index contributed by atoms with van der Waals surface area (Å²) in [7, 11) is 3.27. The molecular weight excluding hydrogens is 426 g/mol. The summed E-state index contributed by atoms with van der Waals surface area (Å²) >= 11 is 0. The SMILES string of the molecule is COc1ccc([C@@H]2C3=C(C[C@@H](c4ccco4)CC3=O)Nc3ccc4ccccc4c32)cc1OC. The van der Waals surface area contributed by atoms with Crippen LogP contribution in [-0.4, -0.2) is 20.0 Å². The van der Waals surface area contributed by atoms with Gasteiger partial charge in [0.2, 0.25) is 0 Å². The number of ether oxygens (including phenoxy) is 2. The third-order valence-electron chi connectivity index (χ3n) is 7.03. The summed E-state index contributed by atoms with van der Waals surface area (Å²) in [6.45, 7) is 0. The molecule has 0 spiro atoms. The molecule has 2 heterocycles. The zero-order chi connectivity index (χ0) is 23.2. The van der Waals surface area contributed by atoms with Crippen LogP contribution in [-0.2, 0) is 4.79 Å². The normalized spacial score (nSPS) is 19.4. The molecule has 0 saturated heterocycles. The summed E-state index contributed by atoms with van der Waals surface area (Å²) in [5.41, 5.74) is 4.96. The van der Waals surface area contributed by atoms with Crippen LogP contribution < -0.4 is 14.8 Å². The molecule has 1 N–H and O–H groups in total. The van der Waals surface area contributed by atoms with Gasteiger partial charge in [-0.15, -0.1) is 0 Å². The van der Waals surface area contributed by atoms with Crippen LogP contribution in [0.3, 0.4) is 0 Å². The fourth-order valence-corrected chi connectivity index (χ4v) is 5.50. The monoisotopic (exact) mass is 451 g/mol. The number of nitrogens with one attached hydrogen (secondary N) is 1. The Hall–Kier alpha value is -3.99. The van der Waals surface area contributed by atoms with Crippen LogP contribution >= 0.6 is 0 Å². The number of anilines is 1. The van der Waals surface area contributed by atoms with Crippen LogP contribution in [0.1, 0.15) is 41.6 Å². The van der Waals surface area contributed by atoms with E-state index in [4.69, 9.17) is 13.9 Å². The molecule has 1 aliphatic heterocycles. The number of benzene rings is 3. The Morgan fingerprint density at radius 1 is 0.912 bits per heavy atom. The van der Waals surface area contributed by atoms with Crippen molar-refractivity contribution < 1.29 is 18.7 Å². The first-order chi connectivity index (χ1) is 16.7. The molecule has 2 aliphatic rings. The molecule has 0 unspecified atom stereocenters. The molecule has 0 radical (unpaired) electrons. The van der Waals surface area contributed by atoms with E-state index in [1.807, 2.05) is 42.5 Å². The maximum absolute atomic E-state index is 13.7. The van der Waals surface area contributed by atoms with Crippen molar-refractivity contribution in [3.63, 3.8) is 0 Å². The van der Waals surface area contributed by atoms with Crippen molar-refractivity contribution in [2.24, 2.45) is 0 Å². The third kappa shape index (κ3) is 3.19. The Morgan fingerprint density at radius 3 is 2.56 bits per heavy atom. The average Bonchev–Trinajstić information content (AvgIpc) is 3.42. The second-order valence-electron chi connectivity index (χ2n) is 8.86. The van der Waals surface area contributed by atoms with E-state index in [1.54, 1.807) is 20.5 Å². The highest BCUT2D eigenvalue weighted by Gasteiger charge is 2.40. The molecule has 34 heavy (non-hydrogen) atoms. The van der Waals surface area contributed by atoms with Gasteiger partial charge in [-0.3, -0.25) is 4.79 Å². The van der Waals surface area contributed by atoms with E-state index < -0.39 is 0 Å². The van der Waals surface area contributed by atoms with Gasteiger partial charge in [0.1, 0.15) is 5.76 Å². The minimum Gasteiger partial charge on any atom is -0.493 e. The van der Waals surface area contributed by atoms with Crippen LogP contribution in [0.5, 0.6) is 11.5 Å². The second-order valence-corrected chi connectivity index (χ2v) is 8.86. The Bertz CT molecular complexity index is 1430. The summed E-state index contributed by atoms with van der Waals surface area (Å²) < 4.78 is 16.8. The Balaban J connectivity index is 1.58. The van der Waals surface area contributed by atoms with E-state index in [-0.39, 0.29) is 17.6 Å². The zero-order valence-corrected chi connectivity index (χ0v) is 19.1. The topological polar surface area (TPSA) is 60.7 Å². The van der Waals surface area contributed by atoms with Crippen molar-refractivity contribution in [3.05, 3.63) is 101 Å². The molecule has 0 fully saturated rings. The van der Waals surface area contributed by atoms with Crippen molar-refractivity contribution in [2.75, 3.05) is 19.5 Å². The molecule has 2 atom stereocenters. The highest BCUT2D eigenvalue weighted by Crippen LogP contribution is 2.50. The molecule has 5 heteroatoms. The maximum atomic E-state index is 13.7. The van der Waals surface area contributed by atoms with Crippen molar-refractivity contribution in [1.29, 1.82) is 0 Å². The van der Waals surface area contributed by atoms with Gasteiger partial charge in [0.25, 0.3) is 0 Å². The molecular formula is C29H25NO4. The van der Waals surface area contributed by atoms with E-state index in [9.17, 15) is 4.79 Å². The Labute approximate surface area is 198 Å². The van der Waals surface area contributed by atoms with Gasteiger partial charge in [-0.2, -0.15) is 0 Å². The molecule has 4 aromatic rings. The fourth-order valence-electron chi connectivity index (χ4n) is 5.50. The second kappa shape index (κ2) is 8.10. The van der Waals surface area contributed by atoms with E-state index in [0.717, 1.165) is 51.0 Å². The lowest BCUT2D eigenvalue weighted by Crippen LogP contribution is -2.29. The fraction of sp³-hybridized carbons (Fsp3) is 0.207. The quantitative estimate of drug-likeness (QED) is 0.389. The lowest BCUT2D eigenvalue weighted by atomic mass is 9.71. The summed E-state index contributed by atoms with van der Waals surface area (Å²) in [5, 5.41) is 5.91. The molecule has 6 rings (SSSR count). The predicted octanol–water partition coefficient (Wildman–Crippen LogP) is 6.41. The number of carbonyl (C=O) groups excluding carboxylic acids is 1. The first kappa shape index (κ1) is 20.6. The summed E-state index contributed by atoms with van der Waals surface area (Å²) in [5.74, 6) is 2.14. The number of rotatable bonds is 4.